The Labute approximate surface area is 131 Å². The van der Waals surface area contributed by atoms with Gasteiger partial charge in [-0.3, -0.25) is 4.90 Å². The predicted molar refractivity (Wildman–Crippen MR) is 81.6 cm³/mol. The van der Waals surface area contributed by atoms with Gasteiger partial charge in [0, 0.05) is 24.0 Å². The van der Waals surface area contributed by atoms with Crippen LogP contribution < -0.4 is 0 Å². The molecule has 22 heavy (non-hydrogen) atoms. The molecular formula is C16H17F3N2S. The van der Waals surface area contributed by atoms with Crippen molar-refractivity contribution in [3.05, 3.63) is 40.9 Å². The summed E-state index contributed by atoms with van der Waals surface area (Å²) in [6.45, 7) is 5.25. The first-order valence-corrected chi connectivity index (χ1v) is 8.14. The van der Waals surface area contributed by atoms with Gasteiger partial charge in [-0.15, -0.1) is 11.3 Å². The van der Waals surface area contributed by atoms with E-state index in [9.17, 15) is 13.2 Å². The number of nitrogens with zero attached hydrogens (tertiary/aromatic N) is 2. The van der Waals surface area contributed by atoms with Gasteiger partial charge in [0.15, 0.2) is 0 Å². The molecule has 1 saturated heterocycles. The number of hydrogen-bond acceptors (Lipinski definition) is 3. The Kier molecular flexibility index (Phi) is 4.23. The molecule has 1 fully saturated rings. The Bertz CT molecular complexity index is 634. The third kappa shape index (κ3) is 3.50. The van der Waals surface area contributed by atoms with Crippen LogP contribution in [0.4, 0.5) is 13.2 Å². The summed E-state index contributed by atoms with van der Waals surface area (Å²) in [5.41, 5.74) is 1.10. The van der Waals surface area contributed by atoms with Crippen LogP contribution >= 0.6 is 11.3 Å². The second-order valence-electron chi connectivity index (χ2n) is 5.85. The molecule has 1 atom stereocenters. The van der Waals surface area contributed by atoms with Crippen molar-refractivity contribution >= 4 is 11.3 Å². The van der Waals surface area contributed by atoms with Crippen molar-refractivity contribution in [3.8, 4) is 10.6 Å². The van der Waals surface area contributed by atoms with Gasteiger partial charge in [-0.05, 0) is 31.0 Å². The maximum atomic E-state index is 12.6. The highest BCUT2D eigenvalue weighted by Gasteiger charge is 2.30. The van der Waals surface area contributed by atoms with Crippen LogP contribution in [0.15, 0.2) is 29.6 Å². The second-order valence-corrected chi connectivity index (χ2v) is 6.71. The van der Waals surface area contributed by atoms with Gasteiger partial charge < -0.3 is 0 Å². The highest BCUT2D eigenvalue weighted by atomic mass is 32.1. The molecule has 2 aromatic rings. The lowest BCUT2D eigenvalue weighted by Crippen LogP contribution is -2.19. The van der Waals surface area contributed by atoms with Crippen molar-refractivity contribution in [2.75, 3.05) is 13.1 Å². The Balaban J connectivity index is 1.70. The third-order valence-electron chi connectivity index (χ3n) is 3.90. The average molecular weight is 326 g/mol. The lowest BCUT2D eigenvalue weighted by atomic mass is 10.1. The fourth-order valence-electron chi connectivity index (χ4n) is 2.71. The first-order valence-electron chi connectivity index (χ1n) is 7.26. The molecule has 1 aromatic heterocycles. The van der Waals surface area contributed by atoms with Crippen LogP contribution in [0.3, 0.4) is 0 Å². The number of rotatable bonds is 3. The van der Waals surface area contributed by atoms with Crippen molar-refractivity contribution in [3.63, 3.8) is 0 Å². The van der Waals surface area contributed by atoms with Crippen LogP contribution in [0.1, 0.15) is 24.6 Å². The molecular weight excluding hydrogens is 309 g/mol. The van der Waals surface area contributed by atoms with Gasteiger partial charge in [-0.2, -0.15) is 13.2 Å². The van der Waals surface area contributed by atoms with E-state index in [0.717, 1.165) is 53.9 Å². The standard InChI is InChI=1S/C16H17F3N2S/c1-11-6-7-21(8-11)9-14-10-22-15(20-14)12-2-4-13(5-3-12)16(17,18)19/h2-5,10-11H,6-9H2,1H3. The minimum absolute atomic E-state index is 0.626. The lowest BCUT2D eigenvalue weighted by molar-refractivity contribution is -0.137. The topological polar surface area (TPSA) is 16.1 Å². The lowest BCUT2D eigenvalue weighted by Gasteiger charge is -2.12. The van der Waals surface area contributed by atoms with Gasteiger partial charge >= 0.3 is 6.18 Å². The fourth-order valence-corrected chi connectivity index (χ4v) is 3.53. The highest BCUT2D eigenvalue weighted by molar-refractivity contribution is 7.13. The van der Waals surface area contributed by atoms with E-state index in [2.05, 4.69) is 16.8 Å². The van der Waals surface area contributed by atoms with Crippen LogP contribution in [0.25, 0.3) is 10.6 Å². The molecule has 0 aliphatic carbocycles. The third-order valence-corrected chi connectivity index (χ3v) is 4.84. The van der Waals surface area contributed by atoms with Gasteiger partial charge in [0.25, 0.3) is 0 Å². The molecule has 1 unspecified atom stereocenters. The van der Waals surface area contributed by atoms with Crippen LogP contribution in [-0.4, -0.2) is 23.0 Å². The van der Waals surface area contributed by atoms with E-state index in [1.54, 1.807) is 0 Å². The van der Waals surface area contributed by atoms with Crippen LogP contribution in [0.2, 0.25) is 0 Å². The van der Waals surface area contributed by atoms with E-state index in [1.807, 2.05) is 5.38 Å². The van der Waals surface area contributed by atoms with E-state index in [4.69, 9.17) is 0 Å². The largest absolute Gasteiger partial charge is 0.416 e. The van der Waals surface area contributed by atoms with Gasteiger partial charge in [-0.1, -0.05) is 19.1 Å². The van der Waals surface area contributed by atoms with Gasteiger partial charge in [0.1, 0.15) is 5.01 Å². The van der Waals surface area contributed by atoms with Gasteiger partial charge in [-0.25, -0.2) is 4.98 Å². The average Bonchev–Trinajstić information content (AvgIpc) is 3.08. The minimum Gasteiger partial charge on any atom is -0.297 e. The SMILES string of the molecule is CC1CCN(Cc2csc(-c3ccc(C(F)(F)F)cc3)n2)C1. The highest BCUT2D eigenvalue weighted by Crippen LogP contribution is 2.32. The number of benzene rings is 1. The maximum absolute atomic E-state index is 12.6. The molecule has 0 bridgehead atoms. The van der Waals surface area contributed by atoms with E-state index in [1.165, 1.54) is 29.9 Å². The van der Waals surface area contributed by atoms with Gasteiger partial charge in [0.05, 0.1) is 11.3 Å². The van der Waals surface area contributed by atoms with Gasteiger partial charge in [0.2, 0.25) is 0 Å². The molecule has 1 aromatic carbocycles. The van der Waals surface area contributed by atoms with Crippen molar-refractivity contribution < 1.29 is 13.2 Å². The molecule has 0 amide bonds. The van der Waals surface area contributed by atoms with Crippen molar-refractivity contribution in [2.24, 2.45) is 5.92 Å². The summed E-state index contributed by atoms with van der Waals surface area (Å²) in [5.74, 6) is 0.730. The molecule has 1 aliphatic heterocycles. The molecule has 1 aliphatic rings. The maximum Gasteiger partial charge on any atom is 0.416 e. The molecule has 2 heterocycles. The molecule has 0 radical (unpaired) electrons. The van der Waals surface area contributed by atoms with E-state index in [-0.39, 0.29) is 0 Å². The molecule has 0 N–H and O–H groups in total. The van der Waals surface area contributed by atoms with E-state index < -0.39 is 11.7 Å². The summed E-state index contributed by atoms with van der Waals surface area (Å²) < 4.78 is 37.7. The normalized spacial score (nSPS) is 19.7. The van der Waals surface area contributed by atoms with Crippen LogP contribution in [-0.2, 0) is 12.7 Å². The summed E-state index contributed by atoms with van der Waals surface area (Å²) in [7, 11) is 0. The molecule has 3 rings (SSSR count). The number of aromatic nitrogens is 1. The zero-order chi connectivity index (χ0) is 15.7. The van der Waals surface area contributed by atoms with Crippen LogP contribution in [0.5, 0.6) is 0 Å². The van der Waals surface area contributed by atoms with Crippen molar-refractivity contribution in [2.45, 2.75) is 26.1 Å². The zero-order valence-corrected chi connectivity index (χ0v) is 13.0. The predicted octanol–water partition coefficient (Wildman–Crippen LogP) is 4.67. The van der Waals surface area contributed by atoms with Crippen molar-refractivity contribution in [1.82, 2.24) is 9.88 Å². The molecule has 0 spiro atoms. The first kappa shape index (κ1) is 15.5. The number of likely N-dealkylation sites (tertiary alicyclic amines) is 1. The monoisotopic (exact) mass is 326 g/mol. The van der Waals surface area contributed by atoms with E-state index >= 15 is 0 Å². The summed E-state index contributed by atoms with van der Waals surface area (Å²) in [4.78, 5) is 6.93. The molecule has 118 valence electrons. The number of alkyl halides is 3. The fraction of sp³-hybridized carbons (Fsp3) is 0.438. The van der Waals surface area contributed by atoms with Crippen LogP contribution in [0, 0.1) is 5.92 Å². The Morgan fingerprint density at radius 1 is 1.27 bits per heavy atom. The Morgan fingerprint density at radius 3 is 2.59 bits per heavy atom. The quantitative estimate of drug-likeness (QED) is 0.815. The number of thiazole rings is 1. The van der Waals surface area contributed by atoms with E-state index in [0.29, 0.717) is 0 Å². The number of halogens is 3. The Hall–Kier alpha value is -1.40. The summed E-state index contributed by atoms with van der Waals surface area (Å²) in [6.07, 6.45) is -3.07. The Morgan fingerprint density at radius 2 is 2.00 bits per heavy atom. The second kappa shape index (κ2) is 6.01. The minimum atomic E-state index is -4.29. The number of hydrogen-bond donors (Lipinski definition) is 0. The summed E-state index contributed by atoms with van der Waals surface area (Å²) in [5, 5.41) is 2.77. The molecule has 0 saturated carbocycles. The zero-order valence-electron chi connectivity index (χ0n) is 12.2. The molecule has 2 nitrogen and oxygen atoms in total. The summed E-state index contributed by atoms with van der Waals surface area (Å²) >= 11 is 1.48. The molecule has 6 heteroatoms. The smallest absolute Gasteiger partial charge is 0.297 e. The summed E-state index contributed by atoms with van der Waals surface area (Å²) in [6, 6.07) is 5.20. The van der Waals surface area contributed by atoms with Crippen molar-refractivity contribution in [1.29, 1.82) is 0 Å². The first-order chi connectivity index (χ1) is 10.4.